The lowest BCUT2D eigenvalue weighted by Crippen LogP contribution is -2.31. The number of nitrogens with two attached hydrogens (primary N) is 1. The van der Waals surface area contributed by atoms with Crippen molar-refractivity contribution in [1.82, 2.24) is 5.43 Å². The molecule has 1 rings (SSSR count). The van der Waals surface area contributed by atoms with Gasteiger partial charge in [0, 0.05) is 6.04 Å². The molecule has 2 nitrogen and oxygen atoms in total. The van der Waals surface area contributed by atoms with E-state index in [4.69, 9.17) is 5.84 Å². The van der Waals surface area contributed by atoms with Crippen LogP contribution in [0.25, 0.3) is 0 Å². The summed E-state index contributed by atoms with van der Waals surface area (Å²) in [6.07, 6.45) is 7.50. The van der Waals surface area contributed by atoms with Crippen LogP contribution in [0.4, 0.5) is 0 Å². The van der Waals surface area contributed by atoms with Gasteiger partial charge in [-0.1, -0.05) is 39.3 Å². The maximum atomic E-state index is 5.03. The van der Waals surface area contributed by atoms with E-state index in [1.54, 1.807) is 5.57 Å². The van der Waals surface area contributed by atoms with Crippen molar-refractivity contribution in [1.29, 1.82) is 0 Å². The quantitative estimate of drug-likeness (QED) is 0.425. The van der Waals surface area contributed by atoms with E-state index >= 15 is 0 Å². The van der Waals surface area contributed by atoms with Gasteiger partial charge < -0.3 is 0 Å². The van der Waals surface area contributed by atoms with Crippen molar-refractivity contribution in [3.8, 4) is 0 Å². The van der Waals surface area contributed by atoms with Crippen molar-refractivity contribution in [3.63, 3.8) is 0 Å². The van der Waals surface area contributed by atoms with Crippen LogP contribution in [0.2, 0.25) is 0 Å². The van der Waals surface area contributed by atoms with Crippen LogP contribution in [0, 0.1) is 5.92 Å². The molecule has 1 aliphatic carbocycles. The van der Waals surface area contributed by atoms with E-state index in [0.29, 0.717) is 6.04 Å². The molecule has 0 radical (unpaired) electrons. The first-order chi connectivity index (χ1) is 7.60. The van der Waals surface area contributed by atoms with Crippen molar-refractivity contribution in [3.05, 3.63) is 11.6 Å². The number of hydrogen-bond donors (Lipinski definition) is 2. The summed E-state index contributed by atoms with van der Waals surface area (Å²) in [6.45, 7) is 12.7. The molecule has 2 heteroatoms. The van der Waals surface area contributed by atoms with Gasteiger partial charge >= 0.3 is 0 Å². The highest BCUT2D eigenvalue weighted by Crippen LogP contribution is 2.22. The van der Waals surface area contributed by atoms with Crippen LogP contribution >= 0.6 is 0 Å². The molecule has 3 N–H and O–H groups in total. The summed E-state index contributed by atoms with van der Waals surface area (Å²) in [6, 6.07) is 0.463. The van der Waals surface area contributed by atoms with E-state index in [0.717, 1.165) is 12.3 Å². The zero-order valence-electron chi connectivity index (χ0n) is 12.1. The van der Waals surface area contributed by atoms with Crippen molar-refractivity contribution in [2.75, 3.05) is 0 Å². The Morgan fingerprint density at radius 3 is 2.25 bits per heavy atom. The molecule has 0 aromatic carbocycles. The van der Waals surface area contributed by atoms with Crippen LogP contribution in [-0.4, -0.2) is 6.04 Å². The Hall–Kier alpha value is -0.340. The lowest BCUT2D eigenvalue weighted by atomic mass is 9.91. The monoisotopic (exact) mass is 228 g/mol. The van der Waals surface area contributed by atoms with Crippen molar-refractivity contribution in [2.45, 2.75) is 73.3 Å². The summed E-state index contributed by atoms with van der Waals surface area (Å²) in [5.74, 6) is 5.98. The van der Waals surface area contributed by atoms with E-state index in [1.807, 2.05) is 20.8 Å². The van der Waals surface area contributed by atoms with Gasteiger partial charge in [-0.15, -0.1) is 0 Å². The molecular weight excluding hydrogens is 196 g/mol. The fourth-order valence-corrected chi connectivity index (χ4v) is 1.47. The molecule has 16 heavy (non-hydrogen) atoms. The van der Waals surface area contributed by atoms with Crippen LogP contribution in [0.15, 0.2) is 11.6 Å². The lowest BCUT2D eigenvalue weighted by molar-refractivity contribution is 0.510. The Kier molecular flexibility index (Phi) is 14.3. The molecular formula is C14H32N2. The second-order valence-corrected chi connectivity index (χ2v) is 4.41. The molecule has 1 aliphatic rings. The minimum absolute atomic E-state index is 0.463. The molecule has 2 atom stereocenters. The van der Waals surface area contributed by atoms with E-state index in [9.17, 15) is 0 Å². The fourth-order valence-electron chi connectivity index (χ4n) is 1.47. The third kappa shape index (κ3) is 11.7. The van der Waals surface area contributed by atoms with Gasteiger partial charge in [-0.05, 0) is 45.4 Å². The van der Waals surface area contributed by atoms with E-state index in [2.05, 4.69) is 32.3 Å². The van der Waals surface area contributed by atoms with Gasteiger partial charge in [-0.3, -0.25) is 11.3 Å². The topological polar surface area (TPSA) is 38.0 Å². The first-order valence-corrected chi connectivity index (χ1v) is 6.71. The minimum Gasteiger partial charge on any atom is -0.271 e. The minimum atomic E-state index is 0.463. The molecule has 0 aromatic heterocycles. The Bertz CT molecular complexity index is 160. The Balaban J connectivity index is 0. The van der Waals surface area contributed by atoms with E-state index in [-0.39, 0.29) is 0 Å². The molecule has 0 spiro atoms. The molecule has 0 fully saturated rings. The smallest absolute Gasteiger partial charge is 0.0179 e. The van der Waals surface area contributed by atoms with Crippen molar-refractivity contribution >= 4 is 0 Å². The Morgan fingerprint density at radius 2 is 2.06 bits per heavy atom. The van der Waals surface area contributed by atoms with Crippen LogP contribution in [0.5, 0.6) is 0 Å². The van der Waals surface area contributed by atoms with Crippen molar-refractivity contribution in [2.24, 2.45) is 11.8 Å². The van der Waals surface area contributed by atoms with Gasteiger partial charge in [0.15, 0.2) is 0 Å². The molecule has 0 bridgehead atoms. The average molecular weight is 228 g/mol. The second kappa shape index (κ2) is 12.7. The molecule has 2 unspecified atom stereocenters. The van der Waals surface area contributed by atoms with Crippen LogP contribution in [-0.2, 0) is 0 Å². The second-order valence-electron chi connectivity index (χ2n) is 4.41. The van der Waals surface area contributed by atoms with Gasteiger partial charge in [0.1, 0.15) is 0 Å². The summed E-state index contributed by atoms with van der Waals surface area (Å²) in [7, 11) is 0. The molecule has 0 amide bonds. The number of hydrogen-bond acceptors (Lipinski definition) is 2. The summed E-state index contributed by atoms with van der Waals surface area (Å²) in [4.78, 5) is 0. The highest BCUT2D eigenvalue weighted by atomic mass is 15.2. The fraction of sp³-hybridized carbons (Fsp3) is 0.857. The third-order valence-electron chi connectivity index (χ3n) is 2.72. The van der Waals surface area contributed by atoms with E-state index < -0.39 is 0 Å². The largest absolute Gasteiger partial charge is 0.271 e. The molecule has 0 saturated carbocycles. The average Bonchev–Trinajstić information content (AvgIpc) is 2.31. The number of allylic oxidation sites excluding steroid dienone is 2. The number of rotatable bonds is 2. The van der Waals surface area contributed by atoms with Gasteiger partial charge in [-0.2, -0.15) is 0 Å². The van der Waals surface area contributed by atoms with Gasteiger partial charge in [-0.25, -0.2) is 0 Å². The number of nitrogens with one attached hydrogen (secondary N) is 1. The first kappa shape index (κ1) is 18.0. The normalized spacial score (nSPS) is 20.7. The first-order valence-electron chi connectivity index (χ1n) is 6.71. The standard InChI is InChI=1S/C8H14.C4H12N2.C2H6/c1-7-4-3-5-8(2)6-7;1-3-4(2)6-5;1-2/h4,8H,3,5-6H2,1-2H3;4,6H,3,5H2,1-2H3;1-2H3. The molecule has 0 saturated heterocycles. The van der Waals surface area contributed by atoms with Crippen LogP contribution in [0.1, 0.15) is 67.2 Å². The van der Waals surface area contributed by atoms with Gasteiger partial charge in [0.2, 0.25) is 0 Å². The van der Waals surface area contributed by atoms with Crippen LogP contribution in [0.3, 0.4) is 0 Å². The summed E-state index contributed by atoms with van der Waals surface area (Å²) in [5, 5.41) is 0. The third-order valence-corrected chi connectivity index (χ3v) is 2.72. The molecule has 98 valence electrons. The van der Waals surface area contributed by atoms with Crippen molar-refractivity contribution < 1.29 is 0 Å². The maximum Gasteiger partial charge on any atom is 0.0179 e. The highest BCUT2D eigenvalue weighted by molar-refractivity contribution is 5.02. The highest BCUT2D eigenvalue weighted by Gasteiger charge is 2.05. The SMILES string of the molecule is CC.CC1=CCCC(C)C1.CCC(C)NN. The Morgan fingerprint density at radius 1 is 1.50 bits per heavy atom. The number of hydrazine groups is 1. The van der Waals surface area contributed by atoms with E-state index in [1.165, 1.54) is 19.3 Å². The summed E-state index contributed by atoms with van der Waals surface area (Å²) >= 11 is 0. The zero-order chi connectivity index (χ0) is 13.0. The molecule has 0 aromatic rings. The van der Waals surface area contributed by atoms with Gasteiger partial charge in [0.05, 0.1) is 0 Å². The lowest BCUT2D eigenvalue weighted by Gasteiger charge is -2.15. The van der Waals surface area contributed by atoms with Crippen LogP contribution < -0.4 is 11.3 Å². The maximum absolute atomic E-state index is 5.03. The van der Waals surface area contributed by atoms with Gasteiger partial charge in [0.25, 0.3) is 0 Å². The molecule has 0 aliphatic heterocycles. The molecule has 0 heterocycles. The summed E-state index contributed by atoms with van der Waals surface area (Å²) in [5.41, 5.74) is 4.20. The summed E-state index contributed by atoms with van der Waals surface area (Å²) < 4.78 is 0. The predicted molar refractivity (Wildman–Crippen MR) is 75.2 cm³/mol. The predicted octanol–water partition coefficient (Wildman–Crippen LogP) is 4.03. The Labute approximate surface area is 103 Å². The zero-order valence-corrected chi connectivity index (χ0v) is 12.1.